The first-order valence-corrected chi connectivity index (χ1v) is 11.3. The summed E-state index contributed by atoms with van der Waals surface area (Å²) >= 11 is 0. The molecule has 0 radical (unpaired) electrons. The number of fused-ring (bicyclic) bond motifs is 1. The molecule has 0 aliphatic heterocycles. The van der Waals surface area contributed by atoms with E-state index in [0.717, 1.165) is 65.0 Å². The third-order valence-electron chi connectivity index (χ3n) is 5.48. The molecule has 2 aromatic carbocycles. The molecule has 1 N–H and O–H groups in total. The van der Waals surface area contributed by atoms with Crippen molar-refractivity contribution in [2.24, 2.45) is 0 Å². The van der Waals surface area contributed by atoms with Gasteiger partial charge in [0.2, 0.25) is 0 Å². The SMILES string of the molecule is CCCCn1c(C(=O)NCCc2ccc(OCC)c(OCC)c2)c(C)c2ccccc21. The number of rotatable bonds is 11. The number of benzene rings is 2. The van der Waals surface area contributed by atoms with Crippen LogP contribution in [0.25, 0.3) is 10.9 Å². The molecule has 1 amide bonds. The number of carbonyl (C=O) groups is 1. The van der Waals surface area contributed by atoms with Crippen LogP contribution in [0.5, 0.6) is 11.5 Å². The number of ether oxygens (including phenoxy) is 2. The Labute approximate surface area is 185 Å². The van der Waals surface area contributed by atoms with Crippen LogP contribution >= 0.6 is 0 Å². The average Bonchev–Trinajstić information content (AvgIpc) is 3.06. The molecule has 0 fully saturated rings. The summed E-state index contributed by atoms with van der Waals surface area (Å²) in [5.41, 5.74) is 4.06. The number of unbranched alkanes of at least 4 members (excludes halogenated alkanes) is 1. The molecule has 0 unspecified atom stereocenters. The predicted octanol–water partition coefficient (Wildman–Crippen LogP) is 5.52. The summed E-state index contributed by atoms with van der Waals surface area (Å²) in [6, 6.07) is 14.2. The fourth-order valence-corrected chi connectivity index (χ4v) is 3.97. The van der Waals surface area contributed by atoms with Gasteiger partial charge in [-0.25, -0.2) is 0 Å². The fraction of sp³-hybridized carbons (Fsp3) is 0.423. The van der Waals surface area contributed by atoms with Gasteiger partial charge in [0.05, 0.1) is 13.2 Å². The van der Waals surface area contributed by atoms with Crippen LogP contribution in [0.2, 0.25) is 0 Å². The van der Waals surface area contributed by atoms with Crippen LogP contribution < -0.4 is 14.8 Å². The van der Waals surface area contributed by atoms with E-state index >= 15 is 0 Å². The van der Waals surface area contributed by atoms with Gasteiger partial charge < -0.3 is 19.4 Å². The lowest BCUT2D eigenvalue weighted by Gasteiger charge is -2.13. The summed E-state index contributed by atoms with van der Waals surface area (Å²) in [7, 11) is 0. The van der Waals surface area contributed by atoms with Gasteiger partial charge in [-0.15, -0.1) is 0 Å². The van der Waals surface area contributed by atoms with Crippen LogP contribution in [0.3, 0.4) is 0 Å². The highest BCUT2D eigenvalue weighted by Gasteiger charge is 2.19. The predicted molar refractivity (Wildman–Crippen MR) is 126 cm³/mol. The normalized spacial score (nSPS) is 11.0. The number of para-hydroxylation sites is 1. The molecule has 1 heterocycles. The average molecular weight is 423 g/mol. The lowest BCUT2D eigenvalue weighted by molar-refractivity contribution is 0.0944. The van der Waals surface area contributed by atoms with E-state index in [1.165, 1.54) is 0 Å². The largest absolute Gasteiger partial charge is 0.490 e. The van der Waals surface area contributed by atoms with Crippen molar-refractivity contribution in [1.82, 2.24) is 9.88 Å². The van der Waals surface area contributed by atoms with Crippen LogP contribution in [-0.2, 0) is 13.0 Å². The fourth-order valence-electron chi connectivity index (χ4n) is 3.97. The summed E-state index contributed by atoms with van der Waals surface area (Å²) < 4.78 is 13.5. The van der Waals surface area contributed by atoms with Crippen molar-refractivity contribution in [3.8, 4) is 11.5 Å². The number of aromatic nitrogens is 1. The summed E-state index contributed by atoms with van der Waals surface area (Å²) in [6.07, 6.45) is 2.86. The summed E-state index contributed by atoms with van der Waals surface area (Å²) in [5, 5.41) is 4.28. The van der Waals surface area contributed by atoms with E-state index in [0.29, 0.717) is 19.8 Å². The van der Waals surface area contributed by atoms with Gasteiger partial charge in [-0.2, -0.15) is 0 Å². The minimum atomic E-state index is -0.0132. The van der Waals surface area contributed by atoms with Gasteiger partial charge in [0.25, 0.3) is 5.91 Å². The van der Waals surface area contributed by atoms with Gasteiger partial charge in [-0.3, -0.25) is 4.79 Å². The second-order valence-electron chi connectivity index (χ2n) is 7.65. The molecule has 0 bridgehead atoms. The van der Waals surface area contributed by atoms with Crippen LogP contribution in [0, 0.1) is 6.92 Å². The number of carbonyl (C=O) groups excluding carboxylic acids is 1. The summed E-state index contributed by atoms with van der Waals surface area (Å²) in [4.78, 5) is 13.1. The van der Waals surface area contributed by atoms with Gasteiger partial charge in [-0.05, 0) is 62.9 Å². The van der Waals surface area contributed by atoms with E-state index < -0.39 is 0 Å². The second kappa shape index (κ2) is 10.9. The maximum absolute atomic E-state index is 13.1. The van der Waals surface area contributed by atoms with Gasteiger partial charge in [0.1, 0.15) is 5.69 Å². The highest BCUT2D eigenvalue weighted by atomic mass is 16.5. The lowest BCUT2D eigenvalue weighted by atomic mass is 10.1. The second-order valence-corrected chi connectivity index (χ2v) is 7.65. The molecule has 0 spiro atoms. The quantitative estimate of drug-likeness (QED) is 0.443. The molecule has 3 rings (SSSR count). The summed E-state index contributed by atoms with van der Waals surface area (Å²) in [6.45, 7) is 10.7. The minimum Gasteiger partial charge on any atom is -0.490 e. The lowest BCUT2D eigenvalue weighted by Crippen LogP contribution is -2.28. The maximum atomic E-state index is 13.1. The third kappa shape index (κ3) is 5.22. The van der Waals surface area contributed by atoms with Crippen molar-refractivity contribution in [2.45, 2.75) is 53.5 Å². The number of nitrogens with one attached hydrogen (secondary N) is 1. The zero-order valence-corrected chi connectivity index (χ0v) is 19.2. The van der Waals surface area contributed by atoms with Crippen LogP contribution in [0.15, 0.2) is 42.5 Å². The van der Waals surface area contributed by atoms with E-state index in [2.05, 4.69) is 28.9 Å². The van der Waals surface area contributed by atoms with E-state index in [9.17, 15) is 4.79 Å². The Morgan fingerprint density at radius 3 is 2.48 bits per heavy atom. The third-order valence-corrected chi connectivity index (χ3v) is 5.48. The number of hydrogen-bond donors (Lipinski definition) is 1. The van der Waals surface area contributed by atoms with E-state index in [1.54, 1.807) is 0 Å². The Bertz CT molecular complexity index is 1020. The standard InChI is InChI=1S/C26H34N2O3/c1-5-8-17-28-22-12-10-9-11-21(22)19(4)25(28)26(29)27-16-15-20-13-14-23(30-6-2)24(18-20)31-7-3/h9-14,18H,5-8,15-17H2,1-4H3,(H,27,29). The van der Waals surface area contributed by atoms with Gasteiger partial charge in [-0.1, -0.05) is 37.6 Å². The van der Waals surface area contributed by atoms with Crippen LogP contribution in [-0.4, -0.2) is 30.2 Å². The smallest absolute Gasteiger partial charge is 0.268 e. The first kappa shape index (κ1) is 22.7. The highest BCUT2D eigenvalue weighted by Crippen LogP contribution is 2.29. The zero-order valence-electron chi connectivity index (χ0n) is 19.2. The molecule has 1 aromatic heterocycles. The van der Waals surface area contributed by atoms with Crippen molar-refractivity contribution in [3.63, 3.8) is 0 Å². The zero-order chi connectivity index (χ0) is 22.2. The van der Waals surface area contributed by atoms with Crippen molar-refractivity contribution < 1.29 is 14.3 Å². The topological polar surface area (TPSA) is 52.5 Å². The molecule has 31 heavy (non-hydrogen) atoms. The van der Waals surface area contributed by atoms with Gasteiger partial charge in [0, 0.05) is 24.0 Å². The first-order chi connectivity index (χ1) is 15.1. The molecular formula is C26H34N2O3. The Morgan fingerprint density at radius 2 is 1.74 bits per heavy atom. The number of nitrogens with zero attached hydrogens (tertiary/aromatic N) is 1. The molecule has 0 aliphatic carbocycles. The first-order valence-electron chi connectivity index (χ1n) is 11.3. The molecule has 0 saturated carbocycles. The number of aryl methyl sites for hydroxylation is 2. The Hall–Kier alpha value is -2.95. The van der Waals surface area contributed by atoms with Crippen LogP contribution in [0.4, 0.5) is 0 Å². The molecule has 166 valence electrons. The van der Waals surface area contributed by atoms with E-state index in [1.807, 2.05) is 51.1 Å². The molecule has 5 heteroatoms. The van der Waals surface area contributed by atoms with Crippen molar-refractivity contribution in [2.75, 3.05) is 19.8 Å². The highest BCUT2D eigenvalue weighted by molar-refractivity contribution is 6.01. The molecule has 3 aromatic rings. The van der Waals surface area contributed by atoms with Gasteiger partial charge >= 0.3 is 0 Å². The Morgan fingerprint density at radius 1 is 1.00 bits per heavy atom. The van der Waals surface area contributed by atoms with Crippen molar-refractivity contribution >= 4 is 16.8 Å². The monoisotopic (exact) mass is 422 g/mol. The van der Waals surface area contributed by atoms with Crippen molar-refractivity contribution in [1.29, 1.82) is 0 Å². The number of amides is 1. The summed E-state index contributed by atoms with van der Waals surface area (Å²) in [5.74, 6) is 1.50. The van der Waals surface area contributed by atoms with E-state index in [-0.39, 0.29) is 5.91 Å². The Kier molecular flexibility index (Phi) is 7.99. The van der Waals surface area contributed by atoms with Crippen molar-refractivity contribution in [3.05, 3.63) is 59.3 Å². The Balaban J connectivity index is 1.73. The molecule has 0 atom stereocenters. The molecule has 0 aliphatic rings. The number of hydrogen-bond acceptors (Lipinski definition) is 3. The van der Waals surface area contributed by atoms with Crippen LogP contribution in [0.1, 0.15) is 55.2 Å². The van der Waals surface area contributed by atoms with Gasteiger partial charge in [0.15, 0.2) is 11.5 Å². The molecular weight excluding hydrogens is 388 g/mol. The molecule has 5 nitrogen and oxygen atoms in total. The minimum absolute atomic E-state index is 0.0132. The molecule has 0 saturated heterocycles. The van der Waals surface area contributed by atoms with E-state index in [4.69, 9.17) is 9.47 Å². The maximum Gasteiger partial charge on any atom is 0.268 e.